The number of hydrogen-bond acceptors (Lipinski definition) is 4. The first-order valence-electron chi connectivity index (χ1n) is 4.60. The molecular formula is C10H7BrN4S. The molecule has 3 rings (SSSR count). The number of nitrogens with two attached hydrogens (primary N) is 1. The molecule has 1 aromatic carbocycles. The van der Waals surface area contributed by atoms with Crippen molar-refractivity contribution in [3.8, 4) is 11.3 Å². The van der Waals surface area contributed by atoms with Gasteiger partial charge in [0.1, 0.15) is 0 Å². The minimum atomic E-state index is 0.425. The number of hydrogen-bond donors (Lipinski definition) is 1. The Balaban J connectivity index is 2.25. The van der Waals surface area contributed by atoms with Gasteiger partial charge in [0.2, 0.25) is 10.9 Å². The van der Waals surface area contributed by atoms with Crippen LogP contribution in [0.5, 0.6) is 0 Å². The Labute approximate surface area is 104 Å². The summed E-state index contributed by atoms with van der Waals surface area (Å²) in [4.78, 5) is 0.815. The van der Waals surface area contributed by atoms with Crippen LogP contribution in [0.15, 0.2) is 34.1 Å². The maximum absolute atomic E-state index is 5.78. The number of nitrogens with zero attached hydrogens (tertiary/aromatic N) is 3. The molecular weight excluding hydrogens is 288 g/mol. The fourth-order valence-corrected chi connectivity index (χ4v) is 2.67. The number of thiazole rings is 1. The lowest BCUT2D eigenvalue weighted by Crippen LogP contribution is -1.94. The number of fused-ring (bicyclic) bond motifs is 1. The van der Waals surface area contributed by atoms with Crippen molar-refractivity contribution in [2.45, 2.75) is 0 Å². The second kappa shape index (κ2) is 3.57. The summed E-state index contributed by atoms with van der Waals surface area (Å²) < 4.78 is 2.91. The third-order valence-electron chi connectivity index (χ3n) is 2.32. The van der Waals surface area contributed by atoms with Crippen LogP contribution >= 0.6 is 27.3 Å². The molecule has 6 heteroatoms. The molecule has 0 bridgehead atoms. The van der Waals surface area contributed by atoms with Gasteiger partial charge >= 0.3 is 0 Å². The molecule has 2 aromatic heterocycles. The topological polar surface area (TPSA) is 56.2 Å². The van der Waals surface area contributed by atoms with E-state index in [2.05, 4.69) is 26.1 Å². The Morgan fingerprint density at radius 2 is 1.94 bits per heavy atom. The second-order valence-electron chi connectivity index (χ2n) is 3.30. The van der Waals surface area contributed by atoms with E-state index in [1.165, 1.54) is 11.3 Å². The lowest BCUT2D eigenvalue weighted by Gasteiger charge is -2.00. The van der Waals surface area contributed by atoms with Crippen molar-refractivity contribution in [3.63, 3.8) is 0 Å². The number of rotatable bonds is 1. The zero-order valence-electron chi connectivity index (χ0n) is 8.09. The summed E-state index contributed by atoms with van der Waals surface area (Å²) >= 11 is 4.94. The first-order valence-corrected chi connectivity index (χ1v) is 6.27. The van der Waals surface area contributed by atoms with Gasteiger partial charge < -0.3 is 5.73 Å². The third kappa shape index (κ3) is 1.42. The van der Waals surface area contributed by atoms with Crippen LogP contribution in [0, 0.1) is 0 Å². The molecule has 0 saturated carbocycles. The van der Waals surface area contributed by atoms with E-state index in [4.69, 9.17) is 5.73 Å². The normalized spacial score (nSPS) is 11.1. The van der Waals surface area contributed by atoms with Crippen LogP contribution in [0.25, 0.3) is 16.2 Å². The van der Waals surface area contributed by atoms with Crippen molar-refractivity contribution >= 4 is 38.2 Å². The lowest BCUT2D eigenvalue weighted by molar-refractivity contribution is 1.12. The first-order chi connectivity index (χ1) is 7.75. The van der Waals surface area contributed by atoms with E-state index in [1.54, 1.807) is 0 Å². The summed E-state index contributed by atoms with van der Waals surface area (Å²) in [6.45, 7) is 0. The molecule has 0 aliphatic heterocycles. The molecule has 80 valence electrons. The zero-order valence-corrected chi connectivity index (χ0v) is 10.5. The molecule has 0 radical (unpaired) electrons. The second-order valence-corrected chi connectivity index (χ2v) is 5.06. The van der Waals surface area contributed by atoms with Gasteiger partial charge in [-0.05, 0) is 17.7 Å². The van der Waals surface area contributed by atoms with Gasteiger partial charge in [-0.1, -0.05) is 28.1 Å². The van der Waals surface area contributed by atoms with E-state index in [1.807, 2.05) is 34.0 Å². The fraction of sp³-hybridized carbons (Fsp3) is 0. The first kappa shape index (κ1) is 9.80. The number of aromatic nitrogens is 3. The maximum atomic E-state index is 5.78. The number of anilines is 1. The lowest BCUT2D eigenvalue weighted by atomic mass is 10.2. The van der Waals surface area contributed by atoms with Crippen LogP contribution in [0.2, 0.25) is 0 Å². The molecule has 0 saturated heterocycles. The molecule has 0 amide bonds. The average molecular weight is 295 g/mol. The zero-order chi connectivity index (χ0) is 11.1. The maximum Gasteiger partial charge on any atom is 0.227 e. The predicted octanol–water partition coefficient (Wildman–Crippen LogP) is 2.80. The summed E-state index contributed by atoms with van der Waals surface area (Å²) in [5.74, 6) is 0.425. The van der Waals surface area contributed by atoms with Crippen LogP contribution < -0.4 is 5.73 Å². The van der Waals surface area contributed by atoms with Gasteiger partial charge in [-0.3, -0.25) is 4.40 Å². The standard InChI is InChI=1S/C10H7BrN4S/c11-7-3-1-6(2-4-7)8-5-16-10-14-13-9(12)15(8)10/h1-5H,(H2,12,13). The van der Waals surface area contributed by atoms with Gasteiger partial charge in [0, 0.05) is 9.85 Å². The van der Waals surface area contributed by atoms with Crippen molar-refractivity contribution in [2.75, 3.05) is 5.73 Å². The highest BCUT2D eigenvalue weighted by molar-refractivity contribution is 9.10. The van der Waals surface area contributed by atoms with Gasteiger partial charge in [-0.15, -0.1) is 21.5 Å². The molecule has 0 atom stereocenters. The average Bonchev–Trinajstić information content (AvgIpc) is 2.84. The number of halogens is 1. The van der Waals surface area contributed by atoms with Crippen molar-refractivity contribution in [3.05, 3.63) is 34.1 Å². The summed E-state index contributed by atoms with van der Waals surface area (Å²) in [6, 6.07) is 8.06. The summed E-state index contributed by atoms with van der Waals surface area (Å²) in [5, 5.41) is 9.86. The number of nitrogen functional groups attached to an aromatic ring is 1. The van der Waals surface area contributed by atoms with Gasteiger partial charge in [0.05, 0.1) is 5.69 Å². The monoisotopic (exact) mass is 294 g/mol. The van der Waals surface area contributed by atoms with Crippen LogP contribution in [0.3, 0.4) is 0 Å². The van der Waals surface area contributed by atoms with Crippen LogP contribution in [-0.4, -0.2) is 14.6 Å². The summed E-state index contributed by atoms with van der Waals surface area (Å²) in [7, 11) is 0. The Kier molecular flexibility index (Phi) is 2.19. The molecule has 3 aromatic rings. The molecule has 0 fully saturated rings. The molecule has 4 nitrogen and oxygen atoms in total. The molecule has 16 heavy (non-hydrogen) atoms. The Morgan fingerprint density at radius 3 is 2.69 bits per heavy atom. The highest BCUT2D eigenvalue weighted by Gasteiger charge is 2.10. The van der Waals surface area contributed by atoms with Crippen LogP contribution in [0.4, 0.5) is 5.95 Å². The molecule has 2 heterocycles. The van der Waals surface area contributed by atoms with Crippen LogP contribution in [-0.2, 0) is 0 Å². The highest BCUT2D eigenvalue weighted by atomic mass is 79.9. The molecule has 2 N–H and O–H groups in total. The van der Waals surface area contributed by atoms with Gasteiger partial charge in [-0.25, -0.2) is 0 Å². The van der Waals surface area contributed by atoms with E-state index in [0.29, 0.717) is 5.95 Å². The van der Waals surface area contributed by atoms with Gasteiger partial charge in [0.15, 0.2) is 0 Å². The quantitative estimate of drug-likeness (QED) is 0.751. The molecule has 0 spiro atoms. The minimum absolute atomic E-state index is 0.425. The number of benzene rings is 1. The predicted molar refractivity (Wildman–Crippen MR) is 68.4 cm³/mol. The molecule has 0 unspecified atom stereocenters. The minimum Gasteiger partial charge on any atom is -0.368 e. The van der Waals surface area contributed by atoms with Crippen molar-refractivity contribution in [2.24, 2.45) is 0 Å². The highest BCUT2D eigenvalue weighted by Crippen LogP contribution is 2.27. The van der Waals surface area contributed by atoms with Gasteiger partial charge in [0.25, 0.3) is 0 Å². The van der Waals surface area contributed by atoms with Crippen molar-refractivity contribution < 1.29 is 0 Å². The fourth-order valence-electron chi connectivity index (χ4n) is 1.56. The van der Waals surface area contributed by atoms with Gasteiger partial charge in [-0.2, -0.15) is 0 Å². The SMILES string of the molecule is Nc1nnc2scc(-c3ccc(Br)cc3)n12. The van der Waals surface area contributed by atoms with E-state index in [0.717, 1.165) is 20.7 Å². The van der Waals surface area contributed by atoms with E-state index < -0.39 is 0 Å². The Bertz CT molecular complexity index is 640. The van der Waals surface area contributed by atoms with Crippen LogP contribution in [0.1, 0.15) is 0 Å². The Morgan fingerprint density at radius 1 is 1.19 bits per heavy atom. The molecule has 0 aliphatic rings. The van der Waals surface area contributed by atoms with E-state index >= 15 is 0 Å². The third-order valence-corrected chi connectivity index (χ3v) is 3.66. The van der Waals surface area contributed by atoms with Crippen molar-refractivity contribution in [1.29, 1.82) is 0 Å². The Hall–Kier alpha value is -1.40. The van der Waals surface area contributed by atoms with E-state index in [-0.39, 0.29) is 0 Å². The smallest absolute Gasteiger partial charge is 0.227 e. The largest absolute Gasteiger partial charge is 0.368 e. The molecule has 0 aliphatic carbocycles. The van der Waals surface area contributed by atoms with E-state index in [9.17, 15) is 0 Å². The summed E-state index contributed by atoms with van der Waals surface area (Å²) in [6.07, 6.45) is 0. The summed E-state index contributed by atoms with van der Waals surface area (Å²) in [5.41, 5.74) is 7.90. The van der Waals surface area contributed by atoms with Crippen molar-refractivity contribution in [1.82, 2.24) is 14.6 Å².